The molecule has 0 spiro atoms. The van der Waals surface area contributed by atoms with Crippen molar-refractivity contribution in [2.45, 2.75) is 11.3 Å². The molecule has 0 saturated carbocycles. The summed E-state index contributed by atoms with van der Waals surface area (Å²) in [4.78, 5) is 23.6. The molecule has 1 aliphatic rings. The van der Waals surface area contributed by atoms with Gasteiger partial charge in [-0.2, -0.15) is 15.0 Å². The van der Waals surface area contributed by atoms with Crippen LogP contribution in [0.5, 0.6) is 0 Å². The third-order valence-corrected chi connectivity index (χ3v) is 6.74. The summed E-state index contributed by atoms with van der Waals surface area (Å²) < 4.78 is 30.1. The van der Waals surface area contributed by atoms with Gasteiger partial charge in [-0.05, 0) is 36.2 Å². The van der Waals surface area contributed by atoms with Crippen molar-refractivity contribution in [3.8, 4) is 11.4 Å². The number of aromatic amines is 1. The first kappa shape index (κ1) is 22.2. The van der Waals surface area contributed by atoms with Gasteiger partial charge in [0.2, 0.25) is 11.9 Å². The number of nitrogens with one attached hydrogen (secondary N) is 2. The summed E-state index contributed by atoms with van der Waals surface area (Å²) in [6.45, 7) is 3.14. The van der Waals surface area contributed by atoms with Gasteiger partial charge in [-0.25, -0.2) is 8.42 Å². The number of benzene rings is 1. The number of morpholine rings is 1. The van der Waals surface area contributed by atoms with Crippen LogP contribution >= 0.6 is 0 Å². The van der Waals surface area contributed by atoms with Crippen molar-refractivity contribution < 1.29 is 13.2 Å². The average Bonchev–Trinajstić information content (AvgIpc) is 3.33. The van der Waals surface area contributed by atoms with Gasteiger partial charge in [0.05, 0.1) is 18.1 Å². The fourth-order valence-corrected chi connectivity index (χ4v) is 4.54. The van der Waals surface area contributed by atoms with Gasteiger partial charge < -0.3 is 19.9 Å². The van der Waals surface area contributed by atoms with E-state index in [0.29, 0.717) is 61.6 Å². The van der Waals surface area contributed by atoms with Gasteiger partial charge in [0.25, 0.3) is 0 Å². The lowest BCUT2D eigenvalue weighted by molar-refractivity contribution is 0.122. The fourth-order valence-electron chi connectivity index (χ4n) is 3.87. The quantitative estimate of drug-likeness (QED) is 0.411. The van der Waals surface area contributed by atoms with E-state index in [4.69, 9.17) is 9.72 Å². The summed E-state index contributed by atoms with van der Waals surface area (Å²) in [5, 5.41) is 4.14. The molecule has 0 bridgehead atoms. The Labute approximate surface area is 197 Å². The molecule has 4 aromatic rings. The van der Waals surface area contributed by atoms with Crippen LogP contribution in [-0.2, 0) is 21.0 Å². The minimum Gasteiger partial charge on any atom is -0.378 e. The molecule has 1 saturated heterocycles. The number of sulfone groups is 1. The van der Waals surface area contributed by atoms with Gasteiger partial charge >= 0.3 is 0 Å². The van der Waals surface area contributed by atoms with E-state index in [0.717, 1.165) is 17.4 Å². The average molecular weight is 480 g/mol. The fraction of sp³-hybridized carbons (Fsp3) is 0.304. The Morgan fingerprint density at radius 1 is 1.15 bits per heavy atom. The van der Waals surface area contributed by atoms with Crippen LogP contribution < -0.4 is 10.2 Å². The highest BCUT2D eigenvalue weighted by atomic mass is 32.2. The van der Waals surface area contributed by atoms with Crippen molar-refractivity contribution in [1.29, 1.82) is 0 Å². The molecule has 4 heterocycles. The van der Waals surface area contributed by atoms with E-state index >= 15 is 0 Å². The Morgan fingerprint density at radius 2 is 2.00 bits per heavy atom. The smallest absolute Gasteiger partial charge is 0.230 e. The van der Waals surface area contributed by atoms with Gasteiger partial charge in [0, 0.05) is 60.9 Å². The third kappa shape index (κ3) is 4.85. The standard InChI is InChI=1S/C23H25N7O3S/c1-34(31,32)17-13-19(18-5-8-25-20(18)14-17)21-27-22(26-7-4-16-3-2-6-24-15-16)29-23(28-21)30-9-11-33-12-10-30/h2-3,5-6,8,13-15,25H,4,7,9-12H2,1H3,(H,26,27,28,29). The zero-order valence-corrected chi connectivity index (χ0v) is 19.5. The molecule has 176 valence electrons. The third-order valence-electron chi connectivity index (χ3n) is 5.65. The van der Waals surface area contributed by atoms with Gasteiger partial charge in [0.15, 0.2) is 15.7 Å². The molecule has 2 N–H and O–H groups in total. The molecule has 34 heavy (non-hydrogen) atoms. The highest BCUT2D eigenvalue weighted by molar-refractivity contribution is 7.90. The van der Waals surface area contributed by atoms with Crippen LogP contribution in [0.15, 0.2) is 53.8 Å². The van der Waals surface area contributed by atoms with Crippen LogP contribution in [0.4, 0.5) is 11.9 Å². The second kappa shape index (κ2) is 9.35. The summed E-state index contributed by atoms with van der Waals surface area (Å²) in [7, 11) is -3.43. The largest absolute Gasteiger partial charge is 0.378 e. The lowest BCUT2D eigenvalue weighted by Gasteiger charge is -2.27. The topological polar surface area (TPSA) is 126 Å². The predicted octanol–water partition coefficient (Wildman–Crippen LogP) is 2.31. The number of aromatic nitrogens is 5. The number of pyridine rings is 1. The van der Waals surface area contributed by atoms with Crippen LogP contribution in [0, 0.1) is 0 Å². The van der Waals surface area contributed by atoms with Crippen LogP contribution in [0.3, 0.4) is 0 Å². The number of H-pyrrole nitrogens is 1. The SMILES string of the molecule is CS(=O)(=O)c1cc(-c2nc(NCCc3cccnc3)nc(N3CCOCC3)n2)c2cc[nH]c2c1. The Morgan fingerprint density at radius 3 is 2.76 bits per heavy atom. The van der Waals surface area contributed by atoms with E-state index in [1.54, 1.807) is 24.5 Å². The maximum absolute atomic E-state index is 12.3. The monoisotopic (exact) mass is 479 g/mol. The number of anilines is 2. The van der Waals surface area contributed by atoms with Gasteiger partial charge in [-0.3, -0.25) is 4.98 Å². The molecule has 0 aliphatic carbocycles. The van der Waals surface area contributed by atoms with Crippen molar-refractivity contribution in [3.63, 3.8) is 0 Å². The molecule has 1 fully saturated rings. The van der Waals surface area contributed by atoms with Crippen molar-refractivity contribution in [2.75, 3.05) is 49.3 Å². The Bertz CT molecular complexity index is 1400. The highest BCUT2D eigenvalue weighted by Gasteiger charge is 2.20. The molecule has 1 aromatic carbocycles. The predicted molar refractivity (Wildman–Crippen MR) is 130 cm³/mol. The second-order valence-electron chi connectivity index (χ2n) is 8.10. The van der Waals surface area contributed by atoms with Gasteiger partial charge in [0.1, 0.15) is 0 Å². The number of nitrogens with zero attached hydrogens (tertiary/aromatic N) is 5. The van der Waals surface area contributed by atoms with Crippen LogP contribution in [-0.4, -0.2) is 72.4 Å². The lowest BCUT2D eigenvalue weighted by atomic mass is 10.1. The Kier molecular flexibility index (Phi) is 6.12. The summed E-state index contributed by atoms with van der Waals surface area (Å²) >= 11 is 0. The molecule has 1 aliphatic heterocycles. The summed E-state index contributed by atoms with van der Waals surface area (Å²) in [5.74, 6) is 1.38. The van der Waals surface area contributed by atoms with E-state index in [1.807, 2.05) is 24.4 Å². The Hall–Kier alpha value is -3.57. The normalized spacial score (nSPS) is 14.4. The van der Waals surface area contributed by atoms with E-state index in [-0.39, 0.29) is 4.90 Å². The van der Waals surface area contributed by atoms with E-state index in [2.05, 4.69) is 30.2 Å². The molecule has 3 aromatic heterocycles. The first-order valence-corrected chi connectivity index (χ1v) is 12.9. The Balaban J connectivity index is 1.54. The van der Waals surface area contributed by atoms with Crippen molar-refractivity contribution in [2.24, 2.45) is 0 Å². The molecule has 0 atom stereocenters. The molecule has 0 radical (unpaired) electrons. The lowest BCUT2D eigenvalue weighted by Crippen LogP contribution is -2.37. The van der Waals surface area contributed by atoms with E-state index < -0.39 is 9.84 Å². The van der Waals surface area contributed by atoms with Crippen LogP contribution in [0.25, 0.3) is 22.3 Å². The number of ether oxygens (including phenoxy) is 1. The second-order valence-corrected chi connectivity index (χ2v) is 10.1. The van der Waals surface area contributed by atoms with Crippen molar-refractivity contribution >= 4 is 32.6 Å². The summed E-state index contributed by atoms with van der Waals surface area (Å²) in [5.41, 5.74) is 2.44. The van der Waals surface area contributed by atoms with E-state index in [9.17, 15) is 8.42 Å². The molecule has 0 unspecified atom stereocenters. The van der Waals surface area contributed by atoms with Gasteiger partial charge in [-0.15, -0.1) is 0 Å². The summed E-state index contributed by atoms with van der Waals surface area (Å²) in [6.07, 6.45) is 7.30. The minimum absolute atomic E-state index is 0.205. The first-order valence-electron chi connectivity index (χ1n) is 11.0. The zero-order valence-electron chi connectivity index (χ0n) is 18.7. The first-order chi connectivity index (χ1) is 16.5. The van der Waals surface area contributed by atoms with Crippen molar-refractivity contribution in [3.05, 3.63) is 54.5 Å². The maximum Gasteiger partial charge on any atom is 0.230 e. The van der Waals surface area contributed by atoms with Crippen LogP contribution in [0.2, 0.25) is 0 Å². The number of hydrogen-bond acceptors (Lipinski definition) is 9. The van der Waals surface area contributed by atoms with Gasteiger partial charge in [-0.1, -0.05) is 6.07 Å². The van der Waals surface area contributed by atoms with Crippen LogP contribution in [0.1, 0.15) is 5.56 Å². The highest BCUT2D eigenvalue weighted by Crippen LogP contribution is 2.31. The van der Waals surface area contributed by atoms with Crippen molar-refractivity contribution in [1.82, 2.24) is 24.9 Å². The maximum atomic E-state index is 12.3. The number of fused-ring (bicyclic) bond motifs is 1. The molecular formula is C23H25N7O3S. The molecule has 10 nitrogen and oxygen atoms in total. The molecule has 5 rings (SSSR count). The molecule has 0 amide bonds. The number of hydrogen-bond donors (Lipinski definition) is 2. The minimum atomic E-state index is -3.43. The number of rotatable bonds is 7. The summed E-state index contributed by atoms with van der Waals surface area (Å²) in [6, 6.07) is 9.08. The molecule has 11 heteroatoms. The zero-order chi connectivity index (χ0) is 23.5. The van der Waals surface area contributed by atoms with E-state index in [1.165, 1.54) is 6.26 Å². The molecular weight excluding hydrogens is 454 g/mol.